The molecule has 0 aliphatic rings. The van der Waals surface area contributed by atoms with Gasteiger partial charge in [0, 0.05) is 21.6 Å². The maximum Gasteiger partial charge on any atom is 0.435 e. The first kappa shape index (κ1) is 34.9. The zero-order valence-electron chi connectivity index (χ0n) is 21.5. The van der Waals surface area contributed by atoms with Crippen LogP contribution in [0.1, 0.15) is 33.2 Å². The molecule has 3 aromatic rings. The summed E-state index contributed by atoms with van der Waals surface area (Å²) in [7, 11) is 0. The SMILES string of the molecule is CCN(C(=O)c1cc(Cl)ccc1F)c1cccc(C(=O)Nc2c(Br)cc(C(F)(C(F)(F)F)C(F)(F)F)cc2OC(F)F)c1F. The molecule has 0 radical (unpaired) electrons. The first-order chi connectivity index (χ1) is 20.2. The lowest BCUT2D eigenvalue weighted by Gasteiger charge is -2.31. The summed E-state index contributed by atoms with van der Waals surface area (Å²) < 4.78 is 153. The van der Waals surface area contributed by atoms with Gasteiger partial charge in [-0.2, -0.15) is 35.1 Å². The summed E-state index contributed by atoms with van der Waals surface area (Å²) in [5.74, 6) is -6.60. The van der Waals surface area contributed by atoms with Crippen LogP contribution in [-0.2, 0) is 5.67 Å². The molecule has 0 aliphatic carbocycles. The number of ether oxygens (including phenoxy) is 1. The second-order valence-corrected chi connectivity index (χ2v) is 9.92. The van der Waals surface area contributed by atoms with E-state index in [4.69, 9.17) is 11.6 Å². The van der Waals surface area contributed by atoms with Gasteiger partial charge in [0.2, 0.25) is 0 Å². The van der Waals surface area contributed by atoms with E-state index in [0.29, 0.717) is 4.90 Å². The van der Waals surface area contributed by atoms with Crippen LogP contribution in [0.2, 0.25) is 5.02 Å². The molecule has 0 fully saturated rings. The van der Waals surface area contributed by atoms with Gasteiger partial charge in [-0.15, -0.1) is 0 Å². The zero-order valence-corrected chi connectivity index (χ0v) is 23.8. The number of nitrogens with one attached hydrogen (secondary N) is 1. The summed E-state index contributed by atoms with van der Waals surface area (Å²) in [5, 5.41) is 1.78. The molecular formula is C26H15BrClF11N2O3. The fourth-order valence-corrected chi connectivity index (χ4v) is 4.61. The number of amides is 2. The van der Waals surface area contributed by atoms with Crippen LogP contribution in [0.5, 0.6) is 5.75 Å². The van der Waals surface area contributed by atoms with E-state index in [1.165, 1.54) is 6.92 Å². The number of halogens is 13. The molecule has 0 aromatic heterocycles. The van der Waals surface area contributed by atoms with Gasteiger partial charge in [0.25, 0.3) is 11.8 Å². The quantitative estimate of drug-likeness (QED) is 0.236. The Morgan fingerprint density at radius 2 is 1.57 bits per heavy atom. The first-order valence-electron chi connectivity index (χ1n) is 11.7. The van der Waals surface area contributed by atoms with Crippen LogP contribution in [0.3, 0.4) is 0 Å². The molecule has 0 spiro atoms. The van der Waals surface area contributed by atoms with Gasteiger partial charge in [0.15, 0.2) is 11.6 Å². The first-order valence-corrected chi connectivity index (χ1v) is 12.9. The molecule has 3 rings (SSSR count). The van der Waals surface area contributed by atoms with E-state index < -0.39 is 86.4 Å². The van der Waals surface area contributed by atoms with Crippen molar-refractivity contribution in [1.29, 1.82) is 0 Å². The third-order valence-electron chi connectivity index (χ3n) is 5.92. The molecule has 2 amide bonds. The van der Waals surface area contributed by atoms with E-state index in [-0.39, 0.29) is 23.7 Å². The van der Waals surface area contributed by atoms with Crippen molar-refractivity contribution in [3.8, 4) is 5.75 Å². The Hall–Kier alpha value is -3.60. The number of carbonyl (C=O) groups excluding carboxylic acids is 2. The molecule has 0 bridgehead atoms. The highest BCUT2D eigenvalue weighted by Crippen LogP contribution is 2.55. The fraction of sp³-hybridized carbons (Fsp3) is 0.231. The van der Waals surface area contributed by atoms with Crippen LogP contribution in [0.4, 0.5) is 59.7 Å². The summed E-state index contributed by atoms with van der Waals surface area (Å²) in [5.41, 5.74) is -11.4. The highest BCUT2D eigenvalue weighted by Gasteiger charge is 2.73. The Bertz CT molecular complexity index is 1570. The Kier molecular flexibility index (Phi) is 10.1. The van der Waals surface area contributed by atoms with Gasteiger partial charge in [-0.25, -0.2) is 13.2 Å². The molecule has 18 heteroatoms. The lowest BCUT2D eigenvalue weighted by Crippen LogP contribution is -2.50. The fourth-order valence-electron chi connectivity index (χ4n) is 3.89. The molecule has 3 aromatic carbocycles. The summed E-state index contributed by atoms with van der Waals surface area (Å²) in [6.07, 6.45) is -13.2. The van der Waals surface area contributed by atoms with Gasteiger partial charge < -0.3 is 15.0 Å². The second kappa shape index (κ2) is 12.8. The third kappa shape index (κ3) is 6.72. The summed E-state index contributed by atoms with van der Waals surface area (Å²) in [4.78, 5) is 26.7. The Labute approximate surface area is 253 Å². The van der Waals surface area contributed by atoms with Crippen molar-refractivity contribution >= 4 is 50.7 Å². The average molecular weight is 728 g/mol. The zero-order chi connectivity index (χ0) is 33.4. The molecule has 1 N–H and O–H groups in total. The molecule has 5 nitrogen and oxygen atoms in total. The van der Waals surface area contributed by atoms with Crippen molar-refractivity contribution < 1.29 is 62.6 Å². The molecule has 0 aliphatic heterocycles. The molecule has 0 heterocycles. The van der Waals surface area contributed by atoms with Gasteiger partial charge in [-0.1, -0.05) is 17.7 Å². The smallest absolute Gasteiger partial charge is 0.433 e. The Morgan fingerprint density at radius 1 is 0.955 bits per heavy atom. The lowest BCUT2D eigenvalue weighted by atomic mass is 9.93. The van der Waals surface area contributed by atoms with E-state index in [1.807, 2.05) is 5.32 Å². The largest absolute Gasteiger partial charge is 0.435 e. The second-order valence-electron chi connectivity index (χ2n) is 8.63. The van der Waals surface area contributed by atoms with E-state index in [1.54, 1.807) is 0 Å². The normalized spacial score (nSPS) is 12.3. The van der Waals surface area contributed by atoms with Gasteiger partial charge in [0.1, 0.15) is 5.82 Å². The molecule has 0 saturated carbocycles. The maximum absolute atomic E-state index is 15.6. The van der Waals surface area contributed by atoms with Crippen molar-refractivity contribution in [3.05, 3.63) is 86.4 Å². The average Bonchev–Trinajstić information content (AvgIpc) is 2.90. The van der Waals surface area contributed by atoms with Gasteiger partial charge >= 0.3 is 24.6 Å². The number of alkyl halides is 9. The van der Waals surface area contributed by atoms with Crippen molar-refractivity contribution in [2.24, 2.45) is 0 Å². The number of carbonyl (C=O) groups is 2. The molecule has 238 valence electrons. The number of nitrogens with zero attached hydrogens (tertiary/aromatic N) is 1. The predicted octanol–water partition coefficient (Wildman–Crippen LogP) is 9.19. The molecule has 44 heavy (non-hydrogen) atoms. The van der Waals surface area contributed by atoms with Crippen molar-refractivity contribution in [3.63, 3.8) is 0 Å². The number of hydrogen-bond donors (Lipinski definition) is 1. The third-order valence-corrected chi connectivity index (χ3v) is 6.78. The maximum atomic E-state index is 15.6. The van der Waals surface area contributed by atoms with Gasteiger partial charge in [-0.05, 0) is 65.3 Å². The summed E-state index contributed by atoms with van der Waals surface area (Å²) in [6.45, 7) is -2.81. The highest BCUT2D eigenvalue weighted by atomic mass is 79.9. The number of benzene rings is 3. The van der Waals surface area contributed by atoms with Crippen molar-refractivity contribution in [2.75, 3.05) is 16.8 Å². The minimum absolute atomic E-state index is 0.0340. The lowest BCUT2D eigenvalue weighted by molar-refractivity contribution is -0.348. The number of anilines is 2. The van der Waals surface area contributed by atoms with Gasteiger partial charge in [-0.3, -0.25) is 9.59 Å². The van der Waals surface area contributed by atoms with Crippen LogP contribution in [-0.4, -0.2) is 37.3 Å². The van der Waals surface area contributed by atoms with Crippen LogP contribution in [0.25, 0.3) is 0 Å². The minimum atomic E-state index is -6.61. The van der Waals surface area contributed by atoms with Crippen LogP contribution >= 0.6 is 27.5 Å². The summed E-state index contributed by atoms with van der Waals surface area (Å²) >= 11 is 8.31. The Balaban J connectivity index is 2.09. The highest BCUT2D eigenvalue weighted by molar-refractivity contribution is 9.10. The van der Waals surface area contributed by atoms with Crippen molar-refractivity contribution in [1.82, 2.24) is 0 Å². The van der Waals surface area contributed by atoms with Crippen molar-refractivity contribution in [2.45, 2.75) is 31.6 Å². The monoisotopic (exact) mass is 726 g/mol. The van der Waals surface area contributed by atoms with E-state index in [2.05, 4.69) is 20.7 Å². The number of hydrogen-bond acceptors (Lipinski definition) is 3. The van der Waals surface area contributed by atoms with E-state index >= 15 is 4.39 Å². The van der Waals surface area contributed by atoms with E-state index in [9.17, 15) is 53.5 Å². The summed E-state index contributed by atoms with van der Waals surface area (Å²) in [6, 6.07) is 5.44. The molecule has 0 saturated heterocycles. The molecular weight excluding hydrogens is 713 g/mol. The van der Waals surface area contributed by atoms with Crippen LogP contribution < -0.4 is 15.0 Å². The topological polar surface area (TPSA) is 58.6 Å². The molecule has 0 atom stereocenters. The van der Waals surface area contributed by atoms with Crippen LogP contribution in [0, 0.1) is 11.6 Å². The van der Waals surface area contributed by atoms with Crippen LogP contribution in [0.15, 0.2) is 53.0 Å². The Morgan fingerprint density at radius 3 is 2.11 bits per heavy atom. The predicted molar refractivity (Wildman–Crippen MR) is 139 cm³/mol. The standard InChI is InChI=1S/C26H15BrClF11N2O3/c1-2-41(22(43)14-10-12(28)6-7-16(14)29)17-5-3-4-13(19(17)30)21(42)40-20-15(27)8-11(9-18(20)44-23(31)32)24(33,25(34,35)36)26(37,38)39/h3-10,23H,2H2,1H3,(H,40,42). The number of rotatable bonds is 8. The minimum Gasteiger partial charge on any atom is -0.433 e. The molecule has 0 unspecified atom stereocenters. The van der Waals surface area contributed by atoms with Gasteiger partial charge in [0.05, 0.1) is 22.5 Å². The van der Waals surface area contributed by atoms with E-state index in [0.717, 1.165) is 36.4 Å².